The van der Waals surface area contributed by atoms with Crippen LogP contribution in [0.2, 0.25) is 0 Å². The highest BCUT2D eigenvalue weighted by atomic mass is 19.3. The van der Waals surface area contributed by atoms with E-state index < -0.39 is 29.8 Å². The average molecular weight is 442 g/mol. The second kappa shape index (κ2) is 7.85. The van der Waals surface area contributed by atoms with Gasteiger partial charge in [-0.2, -0.15) is 17.6 Å². The molecule has 10 heteroatoms. The number of aromatic nitrogens is 1. The number of pyridine rings is 1. The number of rotatable bonds is 5. The number of carbonyl (C=O) groups is 1. The predicted octanol–water partition coefficient (Wildman–Crippen LogP) is 3.26. The third kappa shape index (κ3) is 3.37. The van der Waals surface area contributed by atoms with Crippen molar-refractivity contribution in [3.8, 4) is 16.9 Å². The number of hydrogen-bond donors (Lipinski definition) is 1. The van der Waals surface area contributed by atoms with Crippen molar-refractivity contribution in [3.63, 3.8) is 0 Å². The van der Waals surface area contributed by atoms with Gasteiger partial charge in [0.25, 0.3) is 5.91 Å². The molecule has 3 aromatic rings. The zero-order valence-electron chi connectivity index (χ0n) is 16.4. The number of guanidine groups is 1. The summed E-state index contributed by atoms with van der Waals surface area (Å²) in [6, 6.07) is 14.0. The number of alkyl halides is 2. The fourth-order valence-electron chi connectivity index (χ4n) is 3.45. The van der Waals surface area contributed by atoms with Crippen molar-refractivity contribution in [3.05, 3.63) is 83.7 Å². The molecule has 0 bridgehead atoms. The SMILES string of the molecule is CN1C(=O)[C@](c2c#cc(F)c(-c3cccnc3F)c2)(c2ccc(OC(F)F)cc2)N=C1N. The maximum atomic E-state index is 14.5. The van der Waals surface area contributed by atoms with Gasteiger partial charge in [0.05, 0.1) is 0 Å². The maximum absolute atomic E-state index is 14.5. The van der Waals surface area contributed by atoms with Gasteiger partial charge in [0.2, 0.25) is 11.5 Å². The van der Waals surface area contributed by atoms with Gasteiger partial charge in [-0.05, 0) is 42.0 Å². The van der Waals surface area contributed by atoms with Crippen LogP contribution in [0.1, 0.15) is 11.1 Å². The molecular formula is C22H14F4N4O2. The summed E-state index contributed by atoms with van der Waals surface area (Å²) in [5.74, 6) is -2.70. The fraction of sp³-hybridized carbons (Fsp3) is 0.136. The normalized spacial score (nSPS) is 18.0. The topological polar surface area (TPSA) is 80.8 Å². The maximum Gasteiger partial charge on any atom is 0.387 e. The number of halogens is 4. The van der Waals surface area contributed by atoms with Crippen LogP contribution in [0.15, 0.2) is 53.7 Å². The van der Waals surface area contributed by atoms with Crippen LogP contribution in [0.3, 0.4) is 0 Å². The second-order valence-corrected chi connectivity index (χ2v) is 6.82. The van der Waals surface area contributed by atoms with E-state index in [1.54, 1.807) is 0 Å². The molecular weight excluding hydrogens is 428 g/mol. The van der Waals surface area contributed by atoms with Crippen molar-refractivity contribution >= 4 is 11.9 Å². The predicted molar refractivity (Wildman–Crippen MR) is 106 cm³/mol. The molecule has 2 aromatic carbocycles. The number of hydrogen-bond acceptors (Lipinski definition) is 5. The van der Waals surface area contributed by atoms with Gasteiger partial charge in [0.1, 0.15) is 5.75 Å². The number of carbonyl (C=O) groups excluding carboxylic acids is 1. The van der Waals surface area contributed by atoms with Crippen LogP contribution in [-0.4, -0.2) is 35.4 Å². The molecule has 2 N–H and O–H groups in total. The smallest absolute Gasteiger partial charge is 0.387 e. The fourth-order valence-corrected chi connectivity index (χ4v) is 3.45. The first kappa shape index (κ1) is 21.1. The molecule has 1 aliphatic rings. The summed E-state index contributed by atoms with van der Waals surface area (Å²) in [4.78, 5) is 22.2. The van der Waals surface area contributed by atoms with Crippen LogP contribution < -0.4 is 10.5 Å². The van der Waals surface area contributed by atoms with E-state index in [1.807, 2.05) is 0 Å². The summed E-state index contributed by atoms with van der Waals surface area (Å²) >= 11 is 0. The quantitative estimate of drug-likeness (QED) is 0.486. The Morgan fingerprint density at radius 3 is 2.44 bits per heavy atom. The van der Waals surface area contributed by atoms with Crippen LogP contribution >= 0.6 is 0 Å². The molecule has 0 saturated heterocycles. The Kier molecular flexibility index (Phi) is 5.18. The number of nitrogens with zero attached hydrogens (tertiary/aromatic N) is 3. The summed E-state index contributed by atoms with van der Waals surface area (Å²) in [5, 5.41) is 0. The Morgan fingerprint density at radius 2 is 1.84 bits per heavy atom. The summed E-state index contributed by atoms with van der Waals surface area (Å²) in [6.45, 7) is -3.03. The minimum absolute atomic E-state index is 0.0250. The Hall–Kier alpha value is -4.13. The molecule has 0 spiro atoms. The third-order valence-electron chi connectivity index (χ3n) is 5.01. The summed E-state index contributed by atoms with van der Waals surface area (Å²) < 4.78 is 58.1. The Balaban J connectivity index is 1.91. The number of aliphatic imine (C=N–C) groups is 1. The van der Waals surface area contributed by atoms with Gasteiger partial charge in [0.15, 0.2) is 11.8 Å². The first-order valence-electron chi connectivity index (χ1n) is 9.17. The zero-order valence-corrected chi connectivity index (χ0v) is 16.4. The first-order valence-corrected chi connectivity index (χ1v) is 9.17. The number of amides is 1. The third-order valence-corrected chi connectivity index (χ3v) is 5.01. The molecule has 32 heavy (non-hydrogen) atoms. The zero-order chi connectivity index (χ0) is 23.0. The van der Waals surface area contributed by atoms with E-state index >= 15 is 0 Å². The van der Waals surface area contributed by atoms with Crippen LogP contribution in [-0.2, 0) is 10.3 Å². The van der Waals surface area contributed by atoms with Crippen molar-refractivity contribution in [2.45, 2.75) is 12.2 Å². The number of benzene rings is 1. The van der Waals surface area contributed by atoms with Crippen LogP contribution in [0.4, 0.5) is 17.6 Å². The molecule has 0 radical (unpaired) electrons. The molecule has 0 fully saturated rings. The van der Waals surface area contributed by atoms with E-state index in [1.165, 1.54) is 55.7 Å². The molecule has 1 atom stereocenters. The van der Waals surface area contributed by atoms with Crippen molar-refractivity contribution in [2.24, 2.45) is 10.7 Å². The number of nitrogens with two attached hydrogens (primary N) is 1. The van der Waals surface area contributed by atoms with Gasteiger partial charge in [0, 0.05) is 29.9 Å². The van der Waals surface area contributed by atoms with Gasteiger partial charge in [-0.1, -0.05) is 18.2 Å². The van der Waals surface area contributed by atoms with Crippen molar-refractivity contribution < 1.29 is 27.1 Å². The van der Waals surface area contributed by atoms with Gasteiger partial charge in [-0.25, -0.2) is 9.98 Å². The molecule has 0 aliphatic carbocycles. The van der Waals surface area contributed by atoms with E-state index in [9.17, 15) is 22.4 Å². The molecule has 162 valence electrons. The molecule has 2 heterocycles. The van der Waals surface area contributed by atoms with Crippen LogP contribution in [0, 0.1) is 23.9 Å². The molecule has 1 aromatic heterocycles. The largest absolute Gasteiger partial charge is 0.435 e. The summed E-state index contributed by atoms with van der Waals surface area (Å²) in [5.41, 5.74) is 3.95. The summed E-state index contributed by atoms with van der Waals surface area (Å²) in [7, 11) is 1.39. The average Bonchev–Trinajstić information content (AvgIpc) is 2.99. The first-order chi connectivity index (χ1) is 15.2. The Bertz CT molecular complexity index is 1220. The lowest BCUT2D eigenvalue weighted by Crippen LogP contribution is -2.41. The van der Waals surface area contributed by atoms with Gasteiger partial charge < -0.3 is 10.5 Å². The Labute approximate surface area is 180 Å². The number of ether oxygens (including phenoxy) is 1. The highest BCUT2D eigenvalue weighted by Gasteiger charge is 2.50. The monoisotopic (exact) mass is 442 g/mol. The molecule has 1 amide bonds. The van der Waals surface area contributed by atoms with Crippen LogP contribution in [0.5, 0.6) is 5.75 Å². The highest BCUT2D eigenvalue weighted by molar-refractivity contribution is 6.08. The van der Waals surface area contributed by atoms with E-state index in [2.05, 4.69) is 26.8 Å². The van der Waals surface area contributed by atoms with Gasteiger partial charge in [-0.15, -0.1) is 0 Å². The van der Waals surface area contributed by atoms with E-state index in [0.29, 0.717) is 0 Å². The molecule has 0 unspecified atom stereocenters. The van der Waals surface area contributed by atoms with Gasteiger partial charge >= 0.3 is 6.61 Å². The van der Waals surface area contributed by atoms with E-state index in [0.717, 1.165) is 4.90 Å². The minimum atomic E-state index is -3.03. The number of likely N-dealkylation sites (N-methyl/N-ethyl adjacent to an activating group) is 1. The van der Waals surface area contributed by atoms with Crippen molar-refractivity contribution in [1.82, 2.24) is 9.88 Å². The van der Waals surface area contributed by atoms with E-state index in [-0.39, 0.29) is 34.0 Å². The molecule has 6 nitrogen and oxygen atoms in total. The lowest BCUT2D eigenvalue weighted by molar-refractivity contribution is -0.129. The Morgan fingerprint density at radius 1 is 1.12 bits per heavy atom. The second-order valence-electron chi connectivity index (χ2n) is 6.82. The molecule has 1 aliphatic heterocycles. The van der Waals surface area contributed by atoms with Crippen molar-refractivity contribution in [2.75, 3.05) is 7.05 Å². The van der Waals surface area contributed by atoms with Crippen molar-refractivity contribution in [1.29, 1.82) is 0 Å². The van der Waals surface area contributed by atoms with Crippen LogP contribution in [0.25, 0.3) is 11.1 Å². The summed E-state index contributed by atoms with van der Waals surface area (Å²) in [6.07, 6.45) is 1.21. The minimum Gasteiger partial charge on any atom is -0.435 e. The lowest BCUT2D eigenvalue weighted by atomic mass is 9.82. The van der Waals surface area contributed by atoms with Gasteiger partial charge in [-0.3, -0.25) is 9.69 Å². The lowest BCUT2D eigenvalue weighted by Gasteiger charge is -2.25. The standard InChI is InChI=1S/C22H14F4N4O2/c1-30-19(31)22(29-21(30)27,12-4-7-14(8-5-12)32-20(25)26)13-6-9-17(23)16(11-13)15-3-2-10-28-18(15)24/h2-5,7-8,10-11,20H,1H3,(H2,27,29)/t22-/m1/s1. The molecule has 4 rings (SSSR count). The molecule has 0 saturated carbocycles. The highest BCUT2D eigenvalue weighted by Crippen LogP contribution is 2.40. The van der Waals surface area contributed by atoms with E-state index in [4.69, 9.17) is 5.73 Å².